The molecule has 0 saturated carbocycles. The fourth-order valence-corrected chi connectivity index (χ4v) is 4.02. The number of aryl methyl sites for hydroxylation is 1. The van der Waals surface area contributed by atoms with E-state index >= 15 is 0 Å². The molecule has 1 unspecified atom stereocenters. The number of aliphatic imine (C=N–C) groups is 1. The zero-order valence-electron chi connectivity index (χ0n) is 20.4. The van der Waals surface area contributed by atoms with Crippen molar-refractivity contribution in [3.63, 3.8) is 0 Å². The van der Waals surface area contributed by atoms with Gasteiger partial charge in [0.05, 0.1) is 12.5 Å². The second kappa shape index (κ2) is 16.3. The van der Waals surface area contributed by atoms with Gasteiger partial charge in [-0.2, -0.15) is 0 Å². The summed E-state index contributed by atoms with van der Waals surface area (Å²) in [4.78, 5) is 19.4. The van der Waals surface area contributed by atoms with Gasteiger partial charge in [-0.3, -0.25) is 9.79 Å². The van der Waals surface area contributed by atoms with Gasteiger partial charge in [-0.1, -0.05) is 40.0 Å². The van der Waals surface area contributed by atoms with Crippen LogP contribution in [0, 0.1) is 11.8 Å². The summed E-state index contributed by atoms with van der Waals surface area (Å²) in [6, 6.07) is 0. The number of unbranched alkanes of at least 4 members (excludes halogenated alkanes) is 1. The second-order valence-electron chi connectivity index (χ2n) is 8.32. The Balaban J connectivity index is 0.00000512. The van der Waals surface area contributed by atoms with Crippen LogP contribution in [0.5, 0.6) is 0 Å². The Morgan fingerprint density at radius 3 is 2.66 bits per heavy atom. The van der Waals surface area contributed by atoms with E-state index in [-0.39, 0.29) is 35.9 Å². The average molecular weight is 563 g/mol. The third-order valence-electron chi connectivity index (χ3n) is 6.10. The van der Waals surface area contributed by atoms with Gasteiger partial charge >= 0.3 is 5.97 Å². The van der Waals surface area contributed by atoms with Crippen molar-refractivity contribution in [1.29, 1.82) is 0 Å². The predicted molar refractivity (Wildman–Crippen MR) is 139 cm³/mol. The van der Waals surface area contributed by atoms with Crippen LogP contribution in [0.3, 0.4) is 0 Å². The lowest BCUT2D eigenvalue weighted by molar-refractivity contribution is -0.149. The van der Waals surface area contributed by atoms with E-state index in [0.29, 0.717) is 12.5 Å². The number of likely N-dealkylation sites (tertiary alicyclic amines) is 1. The minimum Gasteiger partial charge on any atom is -0.466 e. The number of guanidine groups is 1. The molecule has 2 heterocycles. The van der Waals surface area contributed by atoms with E-state index in [9.17, 15) is 4.79 Å². The normalized spacial score (nSPS) is 15.9. The van der Waals surface area contributed by atoms with Gasteiger partial charge in [-0.15, -0.1) is 34.2 Å². The standard InChI is InChI=1S/C23H42N6O2.HI/c1-5-9-10-19(6-2)17-25-23(24-13-16-29-18-26-27-21(29)7-3)28-14-11-20(12-15-28)22(30)31-8-4;/h18-20H,5-17H2,1-4H3,(H,24,25);1H. The van der Waals surface area contributed by atoms with Gasteiger partial charge in [0.25, 0.3) is 0 Å². The van der Waals surface area contributed by atoms with Crippen LogP contribution in [0.15, 0.2) is 11.3 Å². The highest BCUT2D eigenvalue weighted by Gasteiger charge is 2.27. The number of esters is 1. The van der Waals surface area contributed by atoms with Gasteiger partial charge in [-0.05, 0) is 32.1 Å². The summed E-state index contributed by atoms with van der Waals surface area (Å²) in [6.07, 6.45) is 9.17. The summed E-state index contributed by atoms with van der Waals surface area (Å²) in [5, 5.41) is 11.7. The fraction of sp³-hybridized carbons (Fsp3) is 0.826. The maximum Gasteiger partial charge on any atom is 0.309 e. The summed E-state index contributed by atoms with van der Waals surface area (Å²) < 4.78 is 7.31. The first kappa shape index (κ1) is 28.6. The van der Waals surface area contributed by atoms with Crippen molar-refractivity contribution in [2.24, 2.45) is 16.8 Å². The van der Waals surface area contributed by atoms with Gasteiger partial charge in [0.1, 0.15) is 12.2 Å². The first-order valence-corrected chi connectivity index (χ1v) is 12.2. The first-order chi connectivity index (χ1) is 15.1. The highest BCUT2D eigenvalue weighted by atomic mass is 127. The fourth-order valence-electron chi connectivity index (χ4n) is 4.02. The predicted octanol–water partition coefficient (Wildman–Crippen LogP) is 3.90. The third-order valence-corrected chi connectivity index (χ3v) is 6.10. The molecule has 0 bridgehead atoms. The maximum atomic E-state index is 12.1. The minimum atomic E-state index is -0.0566. The summed E-state index contributed by atoms with van der Waals surface area (Å²) in [7, 11) is 0. The van der Waals surface area contributed by atoms with E-state index in [4.69, 9.17) is 9.73 Å². The molecule has 1 aliphatic heterocycles. The zero-order chi connectivity index (χ0) is 22.5. The molecule has 32 heavy (non-hydrogen) atoms. The molecule has 1 N–H and O–H groups in total. The molecular formula is C23H43IN6O2. The van der Waals surface area contributed by atoms with Crippen molar-refractivity contribution in [3.8, 4) is 0 Å². The number of piperidine rings is 1. The number of nitrogens with one attached hydrogen (secondary N) is 1. The number of carbonyl (C=O) groups is 1. The SMILES string of the molecule is CCCCC(CC)CN=C(NCCn1cnnc1CC)N1CCC(C(=O)OCC)CC1.I. The highest BCUT2D eigenvalue weighted by molar-refractivity contribution is 14.0. The Hall–Kier alpha value is -1.39. The summed E-state index contributed by atoms with van der Waals surface area (Å²) in [6.45, 7) is 13.0. The average Bonchev–Trinajstić information content (AvgIpc) is 3.25. The molecule has 1 fully saturated rings. The monoisotopic (exact) mass is 562 g/mol. The largest absolute Gasteiger partial charge is 0.466 e. The van der Waals surface area contributed by atoms with Crippen molar-refractivity contribution in [2.45, 2.75) is 79.2 Å². The Morgan fingerprint density at radius 2 is 2.03 bits per heavy atom. The van der Waals surface area contributed by atoms with Gasteiger partial charge in [0, 0.05) is 39.1 Å². The van der Waals surface area contributed by atoms with Crippen molar-refractivity contribution in [1.82, 2.24) is 25.0 Å². The van der Waals surface area contributed by atoms with Crippen molar-refractivity contribution >= 4 is 35.9 Å². The van der Waals surface area contributed by atoms with Crippen LogP contribution >= 0.6 is 24.0 Å². The van der Waals surface area contributed by atoms with Crippen LogP contribution in [0.25, 0.3) is 0 Å². The lowest BCUT2D eigenvalue weighted by Gasteiger charge is -2.33. The van der Waals surface area contributed by atoms with Crippen molar-refractivity contribution in [3.05, 3.63) is 12.2 Å². The van der Waals surface area contributed by atoms with Crippen molar-refractivity contribution in [2.75, 3.05) is 32.8 Å². The van der Waals surface area contributed by atoms with E-state index in [1.807, 2.05) is 6.92 Å². The quantitative estimate of drug-likeness (QED) is 0.180. The third kappa shape index (κ3) is 9.23. The molecule has 1 aliphatic rings. The Labute approximate surface area is 211 Å². The van der Waals surface area contributed by atoms with Crippen LogP contribution in [-0.4, -0.2) is 64.4 Å². The molecule has 0 aliphatic carbocycles. The molecule has 1 atom stereocenters. The van der Waals surface area contributed by atoms with Crippen LogP contribution in [0.4, 0.5) is 0 Å². The second-order valence-corrected chi connectivity index (χ2v) is 8.32. The molecule has 184 valence electrons. The topological polar surface area (TPSA) is 84.6 Å². The number of rotatable bonds is 12. The van der Waals surface area contributed by atoms with Crippen molar-refractivity contribution < 1.29 is 9.53 Å². The molecule has 0 aromatic carbocycles. The van der Waals surface area contributed by atoms with E-state index < -0.39 is 0 Å². The zero-order valence-corrected chi connectivity index (χ0v) is 22.7. The summed E-state index contributed by atoms with van der Waals surface area (Å²) >= 11 is 0. The Kier molecular flexibility index (Phi) is 14.6. The number of halogens is 1. The van der Waals surface area contributed by atoms with Gasteiger partial charge in [-0.25, -0.2) is 0 Å². The lowest BCUT2D eigenvalue weighted by Crippen LogP contribution is -2.47. The van der Waals surface area contributed by atoms with E-state index in [1.165, 1.54) is 19.3 Å². The Bertz CT molecular complexity index is 673. The first-order valence-electron chi connectivity index (χ1n) is 12.2. The molecular weight excluding hydrogens is 519 g/mol. The number of nitrogens with zero attached hydrogens (tertiary/aromatic N) is 5. The van der Waals surface area contributed by atoms with Gasteiger partial charge < -0.3 is 19.5 Å². The molecule has 9 heteroatoms. The van der Waals surface area contributed by atoms with Crippen LogP contribution < -0.4 is 5.32 Å². The van der Waals surface area contributed by atoms with Gasteiger partial charge in [0.15, 0.2) is 5.96 Å². The number of aromatic nitrogens is 3. The maximum absolute atomic E-state index is 12.1. The van der Waals surface area contributed by atoms with Gasteiger partial charge in [0.2, 0.25) is 0 Å². The van der Waals surface area contributed by atoms with Crippen LogP contribution in [0.1, 0.15) is 72.0 Å². The smallest absolute Gasteiger partial charge is 0.309 e. The van der Waals surface area contributed by atoms with E-state index in [1.54, 1.807) is 6.33 Å². The van der Waals surface area contributed by atoms with Crippen LogP contribution in [0.2, 0.25) is 0 Å². The number of ether oxygens (including phenoxy) is 1. The molecule has 0 amide bonds. The van der Waals surface area contributed by atoms with E-state index in [0.717, 1.165) is 70.2 Å². The summed E-state index contributed by atoms with van der Waals surface area (Å²) in [5.74, 6) is 2.54. The molecule has 0 radical (unpaired) electrons. The molecule has 1 aromatic heterocycles. The molecule has 0 spiro atoms. The summed E-state index contributed by atoms with van der Waals surface area (Å²) in [5.41, 5.74) is 0. The number of carbonyl (C=O) groups excluding carboxylic acids is 1. The molecule has 1 aromatic rings. The molecule has 2 rings (SSSR count). The van der Waals surface area contributed by atoms with E-state index in [2.05, 4.69) is 45.8 Å². The number of hydrogen-bond donors (Lipinski definition) is 1. The van der Waals surface area contributed by atoms with Crippen LogP contribution in [-0.2, 0) is 22.5 Å². The lowest BCUT2D eigenvalue weighted by atomic mass is 9.97. The Morgan fingerprint density at radius 1 is 1.28 bits per heavy atom. The molecule has 8 nitrogen and oxygen atoms in total. The molecule has 1 saturated heterocycles. The number of hydrogen-bond acceptors (Lipinski definition) is 5. The minimum absolute atomic E-state index is 0. The highest BCUT2D eigenvalue weighted by Crippen LogP contribution is 2.19.